The van der Waals surface area contributed by atoms with E-state index in [0.29, 0.717) is 11.4 Å². The van der Waals surface area contributed by atoms with Crippen LogP contribution in [0.15, 0.2) is 6.20 Å². The van der Waals surface area contributed by atoms with E-state index in [0.717, 1.165) is 0 Å². The van der Waals surface area contributed by atoms with E-state index in [1.807, 2.05) is 20.8 Å². The van der Waals surface area contributed by atoms with Gasteiger partial charge in [-0.25, -0.2) is 8.42 Å². The number of nitrogens with one attached hydrogen (secondary N) is 1. The van der Waals surface area contributed by atoms with E-state index >= 15 is 0 Å². The Balaban J connectivity index is 3.05. The van der Waals surface area contributed by atoms with Gasteiger partial charge < -0.3 is 5.73 Å². The molecule has 0 bridgehead atoms. The van der Waals surface area contributed by atoms with Crippen LogP contribution in [0.1, 0.15) is 26.3 Å². The number of thiocarbonyl (C=S) groups is 1. The van der Waals surface area contributed by atoms with Gasteiger partial charge in [0.1, 0.15) is 10.8 Å². The van der Waals surface area contributed by atoms with Crippen LogP contribution in [0.4, 0.5) is 5.82 Å². The van der Waals surface area contributed by atoms with Crippen molar-refractivity contribution in [1.29, 1.82) is 0 Å². The van der Waals surface area contributed by atoms with Crippen LogP contribution in [0, 0.1) is 5.41 Å². The largest absolute Gasteiger partial charge is 0.389 e. The molecule has 1 aromatic heterocycles. The van der Waals surface area contributed by atoms with E-state index < -0.39 is 10.0 Å². The maximum Gasteiger partial charge on any atom is 0.234 e. The Kier molecular flexibility index (Phi) is 4.02. The lowest BCUT2D eigenvalue weighted by molar-refractivity contribution is 0.463. The summed E-state index contributed by atoms with van der Waals surface area (Å²) in [5, 5.41) is 3.94. The van der Waals surface area contributed by atoms with Gasteiger partial charge in [0.25, 0.3) is 0 Å². The van der Waals surface area contributed by atoms with Crippen molar-refractivity contribution < 1.29 is 8.42 Å². The van der Waals surface area contributed by atoms with Gasteiger partial charge in [-0.05, 0) is 5.41 Å². The molecule has 0 aromatic carbocycles. The van der Waals surface area contributed by atoms with Gasteiger partial charge in [-0.2, -0.15) is 5.10 Å². The molecule has 102 valence electrons. The van der Waals surface area contributed by atoms with Crippen molar-refractivity contribution in [3.63, 3.8) is 0 Å². The predicted octanol–water partition coefficient (Wildman–Crippen LogP) is 0.842. The first kappa shape index (κ1) is 14.9. The van der Waals surface area contributed by atoms with Crippen LogP contribution in [0.25, 0.3) is 0 Å². The Hall–Kier alpha value is -1.15. The van der Waals surface area contributed by atoms with Gasteiger partial charge in [0.15, 0.2) is 0 Å². The van der Waals surface area contributed by atoms with Crippen LogP contribution in [-0.2, 0) is 17.1 Å². The minimum Gasteiger partial charge on any atom is -0.389 e. The fraction of sp³-hybridized carbons (Fsp3) is 0.600. The number of rotatable bonds is 4. The molecule has 0 radical (unpaired) electrons. The molecule has 1 rings (SSSR count). The minimum atomic E-state index is -3.47. The Morgan fingerprint density at radius 3 is 2.56 bits per heavy atom. The highest BCUT2D eigenvalue weighted by Gasteiger charge is 2.24. The first-order valence-corrected chi connectivity index (χ1v) is 7.40. The number of hydrogen-bond donors (Lipinski definition) is 2. The van der Waals surface area contributed by atoms with Crippen molar-refractivity contribution in [1.82, 2.24) is 9.78 Å². The zero-order chi connectivity index (χ0) is 14.1. The molecule has 0 aliphatic heterocycles. The van der Waals surface area contributed by atoms with Crippen LogP contribution in [-0.4, -0.2) is 28.9 Å². The summed E-state index contributed by atoms with van der Waals surface area (Å²) in [6.45, 7) is 5.55. The summed E-state index contributed by atoms with van der Waals surface area (Å²) in [7, 11) is -1.85. The van der Waals surface area contributed by atoms with Crippen LogP contribution < -0.4 is 10.5 Å². The van der Waals surface area contributed by atoms with Gasteiger partial charge in [0.05, 0.1) is 17.5 Å². The Morgan fingerprint density at radius 1 is 1.56 bits per heavy atom. The van der Waals surface area contributed by atoms with Crippen molar-refractivity contribution in [2.75, 3.05) is 10.5 Å². The molecule has 0 unspecified atom stereocenters. The molecule has 6 nitrogen and oxygen atoms in total. The third kappa shape index (κ3) is 3.95. The molecule has 0 atom stereocenters. The molecule has 0 saturated carbocycles. The fourth-order valence-corrected chi connectivity index (χ4v) is 3.39. The van der Waals surface area contributed by atoms with Crippen molar-refractivity contribution in [2.24, 2.45) is 18.2 Å². The number of aromatic nitrogens is 2. The van der Waals surface area contributed by atoms with E-state index in [1.54, 1.807) is 7.05 Å². The summed E-state index contributed by atoms with van der Waals surface area (Å²) in [4.78, 5) is 0.108. The van der Waals surface area contributed by atoms with E-state index in [1.165, 1.54) is 10.9 Å². The summed E-state index contributed by atoms with van der Waals surface area (Å²) in [6, 6.07) is 0. The maximum absolute atomic E-state index is 12.0. The van der Waals surface area contributed by atoms with Gasteiger partial charge in [-0.1, -0.05) is 33.0 Å². The van der Waals surface area contributed by atoms with Crippen molar-refractivity contribution >= 4 is 33.0 Å². The monoisotopic (exact) mass is 290 g/mol. The smallest absolute Gasteiger partial charge is 0.234 e. The summed E-state index contributed by atoms with van der Waals surface area (Å²) in [5.74, 6) is 0.300. The Labute approximate surface area is 113 Å². The van der Waals surface area contributed by atoms with E-state index in [2.05, 4.69) is 9.82 Å². The molecule has 18 heavy (non-hydrogen) atoms. The fourth-order valence-electron chi connectivity index (χ4n) is 1.49. The molecule has 1 aromatic rings. The molecule has 0 amide bonds. The Bertz CT molecular complexity index is 555. The number of anilines is 1. The van der Waals surface area contributed by atoms with Crippen molar-refractivity contribution in [3.8, 4) is 0 Å². The second kappa shape index (κ2) is 4.85. The van der Waals surface area contributed by atoms with Crippen LogP contribution >= 0.6 is 12.2 Å². The molecular weight excluding hydrogens is 272 g/mol. The normalized spacial score (nSPS) is 12.4. The molecule has 1 heterocycles. The third-order valence-corrected chi connectivity index (χ3v) is 4.05. The predicted molar refractivity (Wildman–Crippen MR) is 76.0 cm³/mol. The lowest BCUT2D eigenvalue weighted by atomic mass is 10.0. The van der Waals surface area contributed by atoms with Gasteiger partial charge in [0, 0.05) is 7.05 Å². The summed E-state index contributed by atoms with van der Waals surface area (Å²) < 4.78 is 27.9. The van der Waals surface area contributed by atoms with E-state index in [4.69, 9.17) is 18.0 Å². The highest BCUT2D eigenvalue weighted by atomic mass is 32.2. The zero-order valence-corrected chi connectivity index (χ0v) is 12.5. The number of sulfonamides is 1. The van der Waals surface area contributed by atoms with Crippen molar-refractivity contribution in [3.05, 3.63) is 11.8 Å². The average molecular weight is 290 g/mol. The van der Waals surface area contributed by atoms with Gasteiger partial charge >= 0.3 is 0 Å². The number of hydrogen-bond acceptors (Lipinski definition) is 4. The van der Waals surface area contributed by atoms with Crippen LogP contribution in [0.2, 0.25) is 0 Å². The molecule has 0 spiro atoms. The molecule has 3 N–H and O–H groups in total. The maximum atomic E-state index is 12.0. The van der Waals surface area contributed by atoms with Crippen molar-refractivity contribution in [2.45, 2.75) is 20.8 Å². The van der Waals surface area contributed by atoms with E-state index in [9.17, 15) is 8.42 Å². The topological polar surface area (TPSA) is 90.0 Å². The summed E-state index contributed by atoms with van der Waals surface area (Å²) >= 11 is 4.85. The average Bonchev–Trinajstić information content (AvgIpc) is 2.42. The number of nitrogens with two attached hydrogens (primary N) is 1. The quantitative estimate of drug-likeness (QED) is 0.802. The van der Waals surface area contributed by atoms with E-state index in [-0.39, 0.29) is 16.2 Å². The minimum absolute atomic E-state index is 0.00194. The summed E-state index contributed by atoms with van der Waals surface area (Å²) in [5.41, 5.74) is 5.60. The second-order valence-corrected chi connectivity index (χ2v) is 7.48. The second-order valence-electron chi connectivity index (χ2n) is 5.32. The summed E-state index contributed by atoms with van der Waals surface area (Å²) in [6.07, 6.45) is 1.44. The highest BCUT2D eigenvalue weighted by Crippen LogP contribution is 2.20. The first-order valence-electron chi connectivity index (χ1n) is 5.34. The standard InChI is InChI=1S/C10H18N4O2S2/c1-10(2,3)6-18(15,16)13-9-7(8(11)17)5-12-14(9)4/h5,13H,6H2,1-4H3,(H2,11,17). The highest BCUT2D eigenvalue weighted by molar-refractivity contribution is 7.92. The molecular formula is C10H18N4O2S2. The SMILES string of the molecule is Cn1ncc(C(N)=S)c1NS(=O)(=O)CC(C)(C)C. The molecule has 0 saturated heterocycles. The third-order valence-electron chi connectivity index (χ3n) is 2.08. The molecule has 0 fully saturated rings. The number of aryl methyl sites for hydroxylation is 1. The lowest BCUT2D eigenvalue weighted by Gasteiger charge is -2.19. The Morgan fingerprint density at radius 2 is 2.11 bits per heavy atom. The molecule has 8 heteroatoms. The van der Waals surface area contributed by atoms with Gasteiger partial charge in [-0.15, -0.1) is 0 Å². The van der Waals surface area contributed by atoms with Crippen LogP contribution in [0.5, 0.6) is 0 Å². The van der Waals surface area contributed by atoms with Crippen LogP contribution in [0.3, 0.4) is 0 Å². The lowest BCUT2D eigenvalue weighted by Crippen LogP contribution is -2.28. The van der Waals surface area contributed by atoms with Gasteiger partial charge in [0.2, 0.25) is 10.0 Å². The van der Waals surface area contributed by atoms with Gasteiger partial charge in [-0.3, -0.25) is 9.40 Å². The number of nitrogens with zero attached hydrogens (tertiary/aromatic N) is 2. The zero-order valence-electron chi connectivity index (χ0n) is 10.9. The molecule has 0 aliphatic rings. The first-order chi connectivity index (χ1) is 8.02. The molecule has 0 aliphatic carbocycles.